The van der Waals surface area contributed by atoms with E-state index < -0.39 is 10.0 Å². The number of carbonyl (C=O) groups is 1. The minimum Gasteiger partial charge on any atom is -0.298 e. The third-order valence-corrected chi connectivity index (χ3v) is 6.17. The Labute approximate surface area is 148 Å². The molecule has 7 nitrogen and oxygen atoms in total. The standard InChI is InChI=1S/C16H15N3O4S2/c1-19(23-2)25(21,22)12-9-7-11(8-10-12)15(20)18-16-17-13-5-3-4-6-14(13)24-16/h3-10H,1-2H3,(H,17,18,20). The molecule has 0 unspecified atom stereocenters. The van der Waals surface area contributed by atoms with Crippen LogP contribution in [0.5, 0.6) is 0 Å². The van der Waals surface area contributed by atoms with Crippen LogP contribution in [-0.4, -0.2) is 37.9 Å². The van der Waals surface area contributed by atoms with Crippen LogP contribution >= 0.6 is 11.3 Å². The summed E-state index contributed by atoms with van der Waals surface area (Å²) in [6, 6.07) is 13.2. The molecule has 0 saturated carbocycles. The molecule has 3 rings (SSSR count). The molecule has 0 aliphatic carbocycles. The van der Waals surface area contributed by atoms with Gasteiger partial charge >= 0.3 is 0 Å². The van der Waals surface area contributed by atoms with E-state index in [-0.39, 0.29) is 10.8 Å². The van der Waals surface area contributed by atoms with Crippen molar-refractivity contribution in [2.75, 3.05) is 19.5 Å². The van der Waals surface area contributed by atoms with E-state index in [1.165, 1.54) is 49.8 Å². The van der Waals surface area contributed by atoms with Gasteiger partial charge in [0.2, 0.25) is 0 Å². The van der Waals surface area contributed by atoms with Crippen molar-refractivity contribution in [2.24, 2.45) is 0 Å². The molecule has 3 aromatic rings. The molecule has 0 spiro atoms. The van der Waals surface area contributed by atoms with Gasteiger partial charge in [0.1, 0.15) is 0 Å². The summed E-state index contributed by atoms with van der Waals surface area (Å²) in [6.07, 6.45) is 0. The lowest BCUT2D eigenvalue weighted by Gasteiger charge is -2.14. The smallest absolute Gasteiger partial charge is 0.264 e. The van der Waals surface area contributed by atoms with Crippen LogP contribution in [0.2, 0.25) is 0 Å². The number of fused-ring (bicyclic) bond motifs is 1. The number of thiazole rings is 1. The highest BCUT2D eigenvalue weighted by Crippen LogP contribution is 2.26. The van der Waals surface area contributed by atoms with E-state index in [2.05, 4.69) is 10.3 Å². The monoisotopic (exact) mass is 377 g/mol. The second kappa shape index (κ2) is 6.89. The van der Waals surface area contributed by atoms with Crippen molar-refractivity contribution in [2.45, 2.75) is 4.90 Å². The van der Waals surface area contributed by atoms with E-state index in [9.17, 15) is 13.2 Å². The first-order chi connectivity index (χ1) is 11.9. The number of hydrogen-bond acceptors (Lipinski definition) is 6. The molecule has 0 bridgehead atoms. The number of benzene rings is 2. The number of amides is 1. The van der Waals surface area contributed by atoms with Gasteiger partial charge in [-0.05, 0) is 36.4 Å². The van der Waals surface area contributed by atoms with Gasteiger partial charge in [0.15, 0.2) is 5.13 Å². The summed E-state index contributed by atoms with van der Waals surface area (Å²) in [5.41, 5.74) is 1.14. The molecule has 0 atom stereocenters. The Balaban J connectivity index is 1.79. The van der Waals surface area contributed by atoms with Gasteiger partial charge in [-0.2, -0.15) is 0 Å². The molecule has 0 radical (unpaired) electrons. The summed E-state index contributed by atoms with van der Waals surface area (Å²) in [5, 5.41) is 3.21. The summed E-state index contributed by atoms with van der Waals surface area (Å²) in [5.74, 6) is -0.358. The van der Waals surface area contributed by atoms with Crippen LogP contribution in [0.15, 0.2) is 53.4 Å². The number of anilines is 1. The van der Waals surface area contributed by atoms with Gasteiger partial charge in [-0.3, -0.25) is 14.9 Å². The molecular weight excluding hydrogens is 362 g/mol. The van der Waals surface area contributed by atoms with Crippen molar-refractivity contribution in [3.63, 3.8) is 0 Å². The topological polar surface area (TPSA) is 88.6 Å². The summed E-state index contributed by atoms with van der Waals surface area (Å²) >= 11 is 1.37. The predicted molar refractivity (Wildman–Crippen MR) is 96.0 cm³/mol. The fourth-order valence-electron chi connectivity index (χ4n) is 2.12. The summed E-state index contributed by atoms with van der Waals surface area (Å²) in [6.45, 7) is 0. The lowest BCUT2D eigenvalue weighted by Crippen LogP contribution is -2.25. The average Bonchev–Trinajstić information content (AvgIpc) is 3.03. The number of sulfonamides is 1. The van der Waals surface area contributed by atoms with Crippen LogP contribution in [0.25, 0.3) is 10.2 Å². The number of para-hydroxylation sites is 1. The normalized spacial score (nSPS) is 11.8. The number of hydroxylamine groups is 1. The lowest BCUT2D eigenvalue weighted by atomic mass is 10.2. The Bertz CT molecular complexity index is 980. The van der Waals surface area contributed by atoms with Crippen LogP contribution in [0, 0.1) is 0 Å². The van der Waals surface area contributed by atoms with E-state index in [4.69, 9.17) is 4.84 Å². The molecule has 2 aromatic carbocycles. The number of rotatable bonds is 5. The SMILES string of the molecule is CON(C)S(=O)(=O)c1ccc(C(=O)Nc2nc3ccccc3s2)cc1. The Morgan fingerprint density at radius 2 is 1.84 bits per heavy atom. The molecular formula is C16H15N3O4S2. The maximum atomic E-state index is 12.3. The zero-order chi connectivity index (χ0) is 18.0. The van der Waals surface area contributed by atoms with E-state index in [0.29, 0.717) is 10.7 Å². The van der Waals surface area contributed by atoms with Crippen molar-refractivity contribution in [1.29, 1.82) is 0 Å². The second-order valence-electron chi connectivity index (χ2n) is 5.06. The summed E-state index contributed by atoms with van der Waals surface area (Å²) < 4.78 is 26.0. The molecule has 0 aliphatic rings. The van der Waals surface area contributed by atoms with Crippen molar-refractivity contribution in [3.05, 3.63) is 54.1 Å². The summed E-state index contributed by atoms with van der Waals surface area (Å²) in [7, 11) is -1.18. The number of nitrogens with one attached hydrogen (secondary N) is 1. The van der Waals surface area contributed by atoms with Gasteiger partial charge in [-0.1, -0.05) is 27.9 Å². The molecule has 0 fully saturated rings. The minimum absolute atomic E-state index is 0.0355. The van der Waals surface area contributed by atoms with Gasteiger partial charge in [0.25, 0.3) is 15.9 Å². The molecule has 1 N–H and O–H groups in total. The van der Waals surface area contributed by atoms with Gasteiger partial charge in [0.05, 0.1) is 22.2 Å². The van der Waals surface area contributed by atoms with Crippen LogP contribution in [-0.2, 0) is 14.9 Å². The van der Waals surface area contributed by atoms with Crippen molar-refractivity contribution in [1.82, 2.24) is 9.45 Å². The van der Waals surface area contributed by atoms with Crippen molar-refractivity contribution in [3.8, 4) is 0 Å². The van der Waals surface area contributed by atoms with Crippen LogP contribution in [0.4, 0.5) is 5.13 Å². The zero-order valence-electron chi connectivity index (χ0n) is 13.5. The average molecular weight is 377 g/mol. The zero-order valence-corrected chi connectivity index (χ0v) is 15.1. The highest BCUT2D eigenvalue weighted by atomic mass is 32.2. The number of carbonyl (C=O) groups excluding carboxylic acids is 1. The molecule has 1 heterocycles. The largest absolute Gasteiger partial charge is 0.298 e. The third kappa shape index (κ3) is 3.54. The second-order valence-corrected chi connectivity index (χ2v) is 8.03. The first-order valence-electron chi connectivity index (χ1n) is 7.22. The van der Waals surface area contributed by atoms with Crippen molar-refractivity contribution < 1.29 is 18.0 Å². The Hall–Kier alpha value is -2.33. The molecule has 1 aromatic heterocycles. The molecule has 1 amide bonds. The molecule has 130 valence electrons. The predicted octanol–water partition coefficient (Wildman–Crippen LogP) is 2.73. The molecule has 9 heteroatoms. The van der Waals surface area contributed by atoms with Gasteiger partial charge < -0.3 is 0 Å². The lowest BCUT2D eigenvalue weighted by molar-refractivity contribution is -0.0258. The first kappa shape index (κ1) is 17.5. The maximum Gasteiger partial charge on any atom is 0.264 e. The Morgan fingerprint density at radius 1 is 1.16 bits per heavy atom. The number of aromatic nitrogens is 1. The van der Waals surface area contributed by atoms with Crippen LogP contribution < -0.4 is 5.32 Å². The Kier molecular flexibility index (Phi) is 4.82. The van der Waals surface area contributed by atoms with Gasteiger partial charge in [-0.15, -0.1) is 0 Å². The minimum atomic E-state index is -3.74. The molecule has 0 aliphatic heterocycles. The van der Waals surface area contributed by atoms with Crippen molar-refractivity contribution >= 4 is 42.6 Å². The summed E-state index contributed by atoms with van der Waals surface area (Å²) in [4.78, 5) is 21.4. The fraction of sp³-hybridized carbons (Fsp3) is 0.125. The van der Waals surface area contributed by atoms with Gasteiger partial charge in [0, 0.05) is 12.6 Å². The van der Waals surface area contributed by atoms with E-state index in [1.807, 2.05) is 24.3 Å². The fourth-order valence-corrected chi connectivity index (χ4v) is 3.95. The third-order valence-electron chi connectivity index (χ3n) is 3.52. The van der Waals surface area contributed by atoms with Gasteiger partial charge in [-0.25, -0.2) is 13.4 Å². The highest BCUT2D eigenvalue weighted by molar-refractivity contribution is 7.89. The number of hydrogen-bond donors (Lipinski definition) is 1. The number of nitrogens with zero attached hydrogens (tertiary/aromatic N) is 2. The van der Waals surface area contributed by atoms with E-state index in [0.717, 1.165) is 14.7 Å². The first-order valence-corrected chi connectivity index (χ1v) is 9.47. The quantitative estimate of drug-likeness (QED) is 0.691. The van der Waals surface area contributed by atoms with E-state index >= 15 is 0 Å². The highest BCUT2D eigenvalue weighted by Gasteiger charge is 2.21. The van der Waals surface area contributed by atoms with Crippen LogP contribution in [0.3, 0.4) is 0 Å². The maximum absolute atomic E-state index is 12.3. The Morgan fingerprint density at radius 3 is 2.48 bits per heavy atom. The van der Waals surface area contributed by atoms with E-state index in [1.54, 1.807) is 0 Å². The molecule has 25 heavy (non-hydrogen) atoms. The molecule has 0 saturated heterocycles. The van der Waals surface area contributed by atoms with Crippen LogP contribution in [0.1, 0.15) is 10.4 Å².